The van der Waals surface area contributed by atoms with E-state index in [-0.39, 0.29) is 24.9 Å². The summed E-state index contributed by atoms with van der Waals surface area (Å²) in [5, 5.41) is 11.5. The summed E-state index contributed by atoms with van der Waals surface area (Å²) in [5.74, 6) is -1.37. The van der Waals surface area contributed by atoms with Gasteiger partial charge in [-0.3, -0.25) is 4.79 Å². The first kappa shape index (κ1) is 15.3. The lowest BCUT2D eigenvalue weighted by atomic mass is 10.2. The maximum absolute atomic E-state index is 11.8. The molecule has 0 spiro atoms. The molecule has 2 N–H and O–H groups in total. The van der Waals surface area contributed by atoms with Gasteiger partial charge >= 0.3 is 18.0 Å². The normalized spacial score (nSPS) is 15.5. The highest BCUT2D eigenvalue weighted by molar-refractivity contribution is 5.83. The molecule has 0 aromatic rings. The fraction of sp³-hybridized carbons (Fsp3) is 0.750. The first-order chi connectivity index (χ1) is 8.95. The molecule has 1 fully saturated rings. The van der Waals surface area contributed by atoms with E-state index in [0.717, 1.165) is 12.8 Å². The molecule has 0 heterocycles. The predicted octanol–water partition coefficient (Wildman–Crippen LogP) is 0.444. The third-order valence-electron chi connectivity index (χ3n) is 2.94. The van der Waals surface area contributed by atoms with Gasteiger partial charge < -0.3 is 20.1 Å². The summed E-state index contributed by atoms with van der Waals surface area (Å²) in [6.07, 6.45) is 1.74. The molecule has 1 unspecified atom stereocenters. The van der Waals surface area contributed by atoms with Crippen LogP contribution in [0.4, 0.5) is 4.79 Å². The van der Waals surface area contributed by atoms with Crippen LogP contribution in [0.2, 0.25) is 0 Å². The Morgan fingerprint density at radius 3 is 2.53 bits per heavy atom. The average molecular weight is 272 g/mol. The third kappa shape index (κ3) is 5.15. The van der Waals surface area contributed by atoms with Gasteiger partial charge in [0.15, 0.2) is 0 Å². The standard InChI is InChI=1S/C12H20N2O5/c1-3-19-9(15)6-7-14(2)12(18)13-10(11(16)17)8-4-5-8/h8,10H,3-7H2,1-2H3,(H,13,18)(H,16,17). The second kappa shape index (κ2) is 6.96. The number of urea groups is 1. The quantitative estimate of drug-likeness (QED) is 0.656. The van der Waals surface area contributed by atoms with E-state index in [1.165, 1.54) is 11.9 Å². The number of carbonyl (C=O) groups is 3. The lowest BCUT2D eigenvalue weighted by Crippen LogP contribution is -2.48. The van der Waals surface area contributed by atoms with Crippen molar-refractivity contribution in [2.45, 2.75) is 32.2 Å². The van der Waals surface area contributed by atoms with Crippen LogP contribution in [0.15, 0.2) is 0 Å². The van der Waals surface area contributed by atoms with Crippen LogP contribution in [-0.2, 0) is 14.3 Å². The number of carboxylic acid groups (broad SMARTS) is 1. The van der Waals surface area contributed by atoms with Crippen molar-refractivity contribution in [3.63, 3.8) is 0 Å². The molecule has 1 rings (SSSR count). The Balaban J connectivity index is 2.35. The van der Waals surface area contributed by atoms with Crippen LogP contribution in [0.5, 0.6) is 0 Å². The second-order valence-electron chi connectivity index (χ2n) is 4.58. The first-order valence-corrected chi connectivity index (χ1v) is 6.35. The minimum atomic E-state index is -1.02. The molecule has 0 aliphatic heterocycles. The summed E-state index contributed by atoms with van der Waals surface area (Å²) in [4.78, 5) is 35.2. The van der Waals surface area contributed by atoms with Gasteiger partial charge in [-0.25, -0.2) is 9.59 Å². The zero-order chi connectivity index (χ0) is 14.4. The number of carbonyl (C=O) groups excluding carboxylic acids is 2. The molecule has 7 nitrogen and oxygen atoms in total. The topological polar surface area (TPSA) is 95.9 Å². The van der Waals surface area contributed by atoms with E-state index in [0.29, 0.717) is 6.61 Å². The molecular weight excluding hydrogens is 252 g/mol. The van der Waals surface area contributed by atoms with Gasteiger partial charge in [-0.05, 0) is 25.7 Å². The van der Waals surface area contributed by atoms with Crippen LogP contribution in [0.1, 0.15) is 26.2 Å². The van der Waals surface area contributed by atoms with Gasteiger partial charge in [-0.2, -0.15) is 0 Å². The minimum Gasteiger partial charge on any atom is -0.480 e. The number of esters is 1. The van der Waals surface area contributed by atoms with Crippen molar-refractivity contribution in [1.82, 2.24) is 10.2 Å². The Bertz CT molecular complexity index is 354. The molecule has 0 aromatic heterocycles. The van der Waals surface area contributed by atoms with E-state index >= 15 is 0 Å². The lowest BCUT2D eigenvalue weighted by molar-refractivity contribution is -0.143. The summed E-state index contributed by atoms with van der Waals surface area (Å²) in [6, 6.07) is -1.32. The summed E-state index contributed by atoms with van der Waals surface area (Å²) in [7, 11) is 1.51. The minimum absolute atomic E-state index is 0.0277. The van der Waals surface area contributed by atoms with Crippen LogP contribution >= 0.6 is 0 Å². The molecule has 2 amide bonds. The maximum atomic E-state index is 11.8. The lowest BCUT2D eigenvalue weighted by Gasteiger charge is -2.20. The van der Waals surface area contributed by atoms with Crippen molar-refractivity contribution < 1.29 is 24.2 Å². The van der Waals surface area contributed by atoms with Gasteiger partial charge in [0, 0.05) is 13.6 Å². The largest absolute Gasteiger partial charge is 0.480 e. The fourth-order valence-corrected chi connectivity index (χ4v) is 1.65. The number of ether oxygens (including phenoxy) is 1. The number of nitrogens with zero attached hydrogens (tertiary/aromatic N) is 1. The highest BCUT2D eigenvalue weighted by atomic mass is 16.5. The zero-order valence-corrected chi connectivity index (χ0v) is 11.2. The SMILES string of the molecule is CCOC(=O)CCN(C)C(=O)NC(C(=O)O)C1CC1. The molecule has 1 aliphatic carbocycles. The number of rotatable bonds is 7. The number of carboxylic acids is 1. The van der Waals surface area contributed by atoms with Crippen molar-refractivity contribution in [1.29, 1.82) is 0 Å². The van der Waals surface area contributed by atoms with Crippen LogP contribution in [0.25, 0.3) is 0 Å². The monoisotopic (exact) mass is 272 g/mol. The average Bonchev–Trinajstić information content (AvgIpc) is 3.16. The van der Waals surface area contributed by atoms with Crippen molar-refractivity contribution in [3.05, 3.63) is 0 Å². The molecule has 1 saturated carbocycles. The van der Waals surface area contributed by atoms with Gasteiger partial charge in [-0.1, -0.05) is 0 Å². The van der Waals surface area contributed by atoms with Crippen molar-refractivity contribution in [3.8, 4) is 0 Å². The Morgan fingerprint density at radius 1 is 1.42 bits per heavy atom. The van der Waals surface area contributed by atoms with Crippen molar-refractivity contribution in [2.24, 2.45) is 5.92 Å². The Hall–Kier alpha value is -1.79. The summed E-state index contributed by atoms with van der Waals surface area (Å²) in [6.45, 7) is 2.21. The van der Waals surface area contributed by atoms with E-state index in [4.69, 9.17) is 9.84 Å². The molecule has 0 radical (unpaired) electrons. The number of hydrogen-bond donors (Lipinski definition) is 2. The highest BCUT2D eigenvalue weighted by Crippen LogP contribution is 2.32. The Labute approximate surface area is 111 Å². The van der Waals surface area contributed by atoms with Crippen molar-refractivity contribution in [2.75, 3.05) is 20.2 Å². The zero-order valence-electron chi connectivity index (χ0n) is 11.2. The van der Waals surface area contributed by atoms with Gasteiger partial charge in [-0.15, -0.1) is 0 Å². The van der Waals surface area contributed by atoms with Gasteiger partial charge in [0.1, 0.15) is 6.04 Å². The number of amides is 2. The van der Waals surface area contributed by atoms with Gasteiger partial charge in [0.25, 0.3) is 0 Å². The molecule has 0 saturated heterocycles. The molecule has 0 aromatic carbocycles. The molecular formula is C12H20N2O5. The van der Waals surface area contributed by atoms with E-state index < -0.39 is 18.0 Å². The third-order valence-corrected chi connectivity index (χ3v) is 2.94. The summed E-state index contributed by atoms with van der Waals surface area (Å²) >= 11 is 0. The Kier molecular flexibility index (Phi) is 5.59. The van der Waals surface area contributed by atoms with Crippen LogP contribution in [0.3, 0.4) is 0 Å². The van der Waals surface area contributed by atoms with Crippen LogP contribution in [-0.4, -0.2) is 54.2 Å². The summed E-state index contributed by atoms with van der Waals surface area (Å²) in [5.41, 5.74) is 0. The molecule has 1 aliphatic rings. The summed E-state index contributed by atoms with van der Waals surface area (Å²) < 4.78 is 4.75. The molecule has 108 valence electrons. The van der Waals surface area contributed by atoms with Crippen molar-refractivity contribution >= 4 is 18.0 Å². The predicted molar refractivity (Wildman–Crippen MR) is 66.6 cm³/mol. The second-order valence-corrected chi connectivity index (χ2v) is 4.58. The Morgan fingerprint density at radius 2 is 2.05 bits per heavy atom. The number of aliphatic carboxylic acids is 1. The molecule has 1 atom stereocenters. The van der Waals surface area contributed by atoms with Gasteiger partial charge in [0.05, 0.1) is 13.0 Å². The fourth-order valence-electron chi connectivity index (χ4n) is 1.65. The van der Waals surface area contributed by atoms with Gasteiger partial charge in [0.2, 0.25) is 0 Å². The van der Waals surface area contributed by atoms with E-state index in [1.807, 2.05) is 0 Å². The highest BCUT2D eigenvalue weighted by Gasteiger charge is 2.37. The van der Waals surface area contributed by atoms with E-state index in [1.54, 1.807) is 6.92 Å². The first-order valence-electron chi connectivity index (χ1n) is 6.35. The van der Waals surface area contributed by atoms with Crippen LogP contribution < -0.4 is 5.32 Å². The van der Waals surface area contributed by atoms with Crippen LogP contribution in [0, 0.1) is 5.92 Å². The maximum Gasteiger partial charge on any atom is 0.326 e. The number of hydrogen-bond acceptors (Lipinski definition) is 4. The van der Waals surface area contributed by atoms with E-state index in [2.05, 4.69) is 5.32 Å². The number of nitrogens with one attached hydrogen (secondary N) is 1. The molecule has 7 heteroatoms. The smallest absolute Gasteiger partial charge is 0.326 e. The molecule has 0 bridgehead atoms. The van der Waals surface area contributed by atoms with E-state index in [9.17, 15) is 14.4 Å². The molecule has 19 heavy (non-hydrogen) atoms.